The van der Waals surface area contributed by atoms with Gasteiger partial charge in [-0.25, -0.2) is 0 Å². The first-order chi connectivity index (χ1) is 6.24. The first-order valence-corrected chi connectivity index (χ1v) is 4.29. The lowest BCUT2D eigenvalue weighted by Gasteiger charge is -2.09. The van der Waals surface area contributed by atoms with Gasteiger partial charge < -0.3 is 11.5 Å². The van der Waals surface area contributed by atoms with Crippen molar-refractivity contribution < 1.29 is 0 Å². The Labute approximate surface area is 78.5 Å². The van der Waals surface area contributed by atoms with Gasteiger partial charge in [0, 0.05) is 24.1 Å². The van der Waals surface area contributed by atoms with Crippen LogP contribution in [0.4, 0.5) is 5.69 Å². The number of nitrogens with zero attached hydrogens (tertiary/aromatic N) is 1. The lowest BCUT2D eigenvalue weighted by molar-refractivity contribution is 0.679. The summed E-state index contributed by atoms with van der Waals surface area (Å²) in [6.07, 6.45) is 6.81. The maximum absolute atomic E-state index is 5.83. The van der Waals surface area contributed by atoms with Crippen molar-refractivity contribution in [1.29, 1.82) is 0 Å². The van der Waals surface area contributed by atoms with Crippen LogP contribution in [0.1, 0.15) is 12.0 Å². The van der Waals surface area contributed by atoms with E-state index in [-0.39, 0.29) is 6.04 Å². The highest BCUT2D eigenvalue weighted by Crippen LogP contribution is 2.11. The number of hydrogen-bond acceptors (Lipinski definition) is 3. The first-order valence-electron chi connectivity index (χ1n) is 4.29. The zero-order chi connectivity index (χ0) is 9.68. The van der Waals surface area contributed by atoms with E-state index in [9.17, 15) is 0 Å². The van der Waals surface area contributed by atoms with Crippen LogP contribution in [0, 0.1) is 0 Å². The van der Waals surface area contributed by atoms with Crippen LogP contribution in [0.3, 0.4) is 0 Å². The summed E-state index contributed by atoms with van der Waals surface area (Å²) in [7, 11) is 0. The highest BCUT2D eigenvalue weighted by Gasteiger charge is 2.04. The Morgan fingerprint density at radius 1 is 1.62 bits per heavy atom. The molecule has 0 fully saturated rings. The van der Waals surface area contributed by atoms with Crippen molar-refractivity contribution in [3.63, 3.8) is 0 Å². The zero-order valence-electron chi connectivity index (χ0n) is 7.61. The van der Waals surface area contributed by atoms with Crippen LogP contribution in [0.5, 0.6) is 0 Å². The molecule has 0 bridgehead atoms. The topological polar surface area (TPSA) is 64.9 Å². The van der Waals surface area contributed by atoms with Gasteiger partial charge in [-0.1, -0.05) is 6.08 Å². The summed E-state index contributed by atoms with van der Waals surface area (Å²) < 4.78 is 0. The quantitative estimate of drug-likeness (QED) is 0.677. The van der Waals surface area contributed by atoms with E-state index < -0.39 is 0 Å². The molecule has 13 heavy (non-hydrogen) atoms. The van der Waals surface area contributed by atoms with Crippen molar-refractivity contribution in [3.05, 3.63) is 36.7 Å². The van der Waals surface area contributed by atoms with Gasteiger partial charge in [0.1, 0.15) is 0 Å². The maximum atomic E-state index is 5.83. The van der Waals surface area contributed by atoms with Gasteiger partial charge in [-0.05, 0) is 24.5 Å². The second-order valence-electron chi connectivity index (χ2n) is 3.06. The summed E-state index contributed by atoms with van der Waals surface area (Å²) in [6, 6.07) is 1.87. The molecule has 3 heteroatoms. The Balaban J connectivity index is 2.63. The number of nitrogen functional groups attached to an aromatic ring is 1. The van der Waals surface area contributed by atoms with Crippen LogP contribution in [-0.4, -0.2) is 11.0 Å². The Kier molecular flexibility index (Phi) is 3.46. The molecule has 0 aliphatic rings. The van der Waals surface area contributed by atoms with Crippen molar-refractivity contribution in [2.75, 3.05) is 5.73 Å². The lowest BCUT2D eigenvalue weighted by Crippen LogP contribution is -2.22. The Morgan fingerprint density at radius 2 is 2.38 bits per heavy atom. The van der Waals surface area contributed by atoms with E-state index >= 15 is 0 Å². The van der Waals surface area contributed by atoms with Crippen molar-refractivity contribution in [2.45, 2.75) is 18.9 Å². The molecule has 0 aliphatic carbocycles. The van der Waals surface area contributed by atoms with Gasteiger partial charge in [0.15, 0.2) is 0 Å². The maximum Gasteiger partial charge on any atom is 0.0378 e. The molecule has 0 aliphatic heterocycles. The van der Waals surface area contributed by atoms with Crippen LogP contribution < -0.4 is 11.5 Å². The lowest BCUT2D eigenvalue weighted by atomic mass is 10.0. The second-order valence-corrected chi connectivity index (χ2v) is 3.06. The van der Waals surface area contributed by atoms with E-state index in [0.29, 0.717) is 0 Å². The number of pyridine rings is 1. The van der Waals surface area contributed by atoms with Gasteiger partial charge in [-0.3, -0.25) is 4.98 Å². The van der Waals surface area contributed by atoms with Crippen LogP contribution in [0.15, 0.2) is 31.1 Å². The Bertz CT molecular complexity index is 283. The summed E-state index contributed by atoms with van der Waals surface area (Å²) in [4.78, 5) is 4.00. The molecule has 0 radical (unpaired) electrons. The third kappa shape index (κ3) is 2.87. The fourth-order valence-corrected chi connectivity index (χ4v) is 1.19. The summed E-state index contributed by atoms with van der Waals surface area (Å²) in [5.41, 5.74) is 13.3. The molecule has 1 rings (SSSR count). The molecule has 1 unspecified atom stereocenters. The van der Waals surface area contributed by atoms with Gasteiger partial charge in [0.25, 0.3) is 0 Å². The number of aromatic nitrogens is 1. The van der Waals surface area contributed by atoms with Crippen molar-refractivity contribution >= 4 is 5.69 Å². The highest BCUT2D eigenvalue weighted by molar-refractivity contribution is 5.44. The van der Waals surface area contributed by atoms with Crippen molar-refractivity contribution in [1.82, 2.24) is 4.98 Å². The molecular formula is C10H15N3. The molecule has 0 saturated carbocycles. The smallest absolute Gasteiger partial charge is 0.0378 e. The van der Waals surface area contributed by atoms with Crippen LogP contribution in [0.25, 0.3) is 0 Å². The Morgan fingerprint density at radius 3 is 3.00 bits per heavy atom. The molecular weight excluding hydrogens is 162 g/mol. The molecule has 1 heterocycles. The molecule has 0 spiro atoms. The van der Waals surface area contributed by atoms with Gasteiger partial charge in [0.05, 0.1) is 0 Å². The second kappa shape index (κ2) is 4.62. The number of anilines is 1. The summed E-state index contributed by atoms with van der Waals surface area (Å²) >= 11 is 0. The van der Waals surface area contributed by atoms with E-state index in [1.54, 1.807) is 18.5 Å². The molecule has 1 aromatic heterocycles. The minimum absolute atomic E-state index is 0.0870. The number of nitrogens with two attached hydrogens (primary N) is 2. The Hall–Kier alpha value is -1.35. The molecule has 0 amide bonds. The normalized spacial score (nSPS) is 12.4. The minimum Gasteiger partial charge on any atom is -0.398 e. The van der Waals surface area contributed by atoms with Gasteiger partial charge >= 0.3 is 0 Å². The molecule has 4 N–H and O–H groups in total. The monoisotopic (exact) mass is 177 g/mol. The zero-order valence-corrected chi connectivity index (χ0v) is 7.61. The predicted octanol–water partition coefficient (Wildman–Crippen LogP) is 1.11. The van der Waals surface area contributed by atoms with Gasteiger partial charge in [-0.15, -0.1) is 6.58 Å². The summed E-state index contributed by atoms with van der Waals surface area (Å²) in [5.74, 6) is 0. The minimum atomic E-state index is 0.0870. The summed E-state index contributed by atoms with van der Waals surface area (Å²) in [6.45, 7) is 3.64. The van der Waals surface area contributed by atoms with Crippen LogP contribution in [0.2, 0.25) is 0 Å². The van der Waals surface area contributed by atoms with E-state index in [1.165, 1.54) is 0 Å². The van der Waals surface area contributed by atoms with Gasteiger partial charge in [0.2, 0.25) is 0 Å². The molecule has 70 valence electrons. The number of hydrogen-bond donors (Lipinski definition) is 2. The average molecular weight is 177 g/mol. The molecule has 0 saturated heterocycles. The van der Waals surface area contributed by atoms with E-state index in [2.05, 4.69) is 11.6 Å². The third-order valence-corrected chi connectivity index (χ3v) is 1.89. The third-order valence-electron chi connectivity index (χ3n) is 1.89. The largest absolute Gasteiger partial charge is 0.398 e. The van der Waals surface area contributed by atoms with Gasteiger partial charge in [-0.2, -0.15) is 0 Å². The summed E-state index contributed by atoms with van der Waals surface area (Å²) in [5, 5.41) is 0. The van der Waals surface area contributed by atoms with Crippen LogP contribution >= 0.6 is 0 Å². The van der Waals surface area contributed by atoms with Crippen molar-refractivity contribution in [2.24, 2.45) is 5.73 Å². The molecule has 1 aromatic rings. The van der Waals surface area contributed by atoms with Crippen LogP contribution in [-0.2, 0) is 6.42 Å². The van der Waals surface area contributed by atoms with E-state index in [4.69, 9.17) is 11.5 Å². The average Bonchev–Trinajstić information content (AvgIpc) is 2.09. The van der Waals surface area contributed by atoms with Crippen molar-refractivity contribution in [3.8, 4) is 0 Å². The van der Waals surface area contributed by atoms with E-state index in [1.807, 2.05) is 6.08 Å². The van der Waals surface area contributed by atoms with E-state index in [0.717, 1.165) is 24.1 Å². The molecule has 1 atom stereocenters. The fourth-order valence-electron chi connectivity index (χ4n) is 1.19. The SMILES string of the molecule is C=CCC(N)Cc1cnccc1N. The highest BCUT2D eigenvalue weighted by atomic mass is 14.7. The predicted molar refractivity (Wildman–Crippen MR) is 55.1 cm³/mol. The fraction of sp³-hybridized carbons (Fsp3) is 0.300. The first kappa shape index (κ1) is 9.74. The molecule has 0 aromatic carbocycles. The standard InChI is InChI=1S/C10H15N3/c1-2-3-9(11)6-8-7-13-5-4-10(8)12/h2,4-5,7,9H,1,3,6,11H2,(H2,12,13). The molecule has 3 nitrogen and oxygen atoms in total. The number of rotatable bonds is 4.